The molecule has 0 fully saturated rings. The highest BCUT2D eigenvalue weighted by molar-refractivity contribution is 7.99. The summed E-state index contributed by atoms with van der Waals surface area (Å²) in [5, 5.41) is 15.9. The largest absolute Gasteiger partial charge is 0.497 e. The second-order valence-electron chi connectivity index (χ2n) is 4.75. The average molecular weight is 329 g/mol. The molecule has 0 spiro atoms. The Bertz CT molecular complexity index is 832. The Morgan fingerprint density at radius 3 is 2.74 bits per heavy atom. The summed E-state index contributed by atoms with van der Waals surface area (Å²) >= 11 is 1.36. The summed E-state index contributed by atoms with van der Waals surface area (Å²) in [6.07, 6.45) is 0. The van der Waals surface area contributed by atoms with Gasteiger partial charge in [0.1, 0.15) is 10.8 Å². The lowest BCUT2D eigenvalue weighted by Crippen LogP contribution is -2.14. The molecule has 0 bridgehead atoms. The third kappa shape index (κ3) is 3.59. The molecule has 3 rings (SSSR count). The number of ether oxygens (including phenoxy) is 1. The highest BCUT2D eigenvalue weighted by atomic mass is 32.2. The van der Waals surface area contributed by atoms with Crippen molar-refractivity contribution in [3.63, 3.8) is 0 Å². The van der Waals surface area contributed by atoms with E-state index in [-0.39, 0.29) is 11.7 Å². The van der Waals surface area contributed by atoms with Gasteiger partial charge in [-0.15, -0.1) is 10.2 Å². The molecule has 0 radical (unpaired) electrons. The fraction of sp³-hybridized carbons (Fsp3) is 0.200. The van der Waals surface area contributed by atoms with E-state index < -0.39 is 0 Å². The molecule has 118 valence electrons. The zero-order valence-corrected chi connectivity index (χ0v) is 13.5. The molecule has 0 unspecified atom stereocenters. The number of carbonyl (C=O) groups excluding carboxylic acids is 1. The van der Waals surface area contributed by atoms with Crippen molar-refractivity contribution in [3.05, 3.63) is 42.2 Å². The van der Waals surface area contributed by atoms with E-state index in [1.54, 1.807) is 35.9 Å². The van der Waals surface area contributed by atoms with E-state index in [1.165, 1.54) is 11.8 Å². The van der Waals surface area contributed by atoms with Crippen LogP contribution in [0.2, 0.25) is 0 Å². The third-order valence-electron chi connectivity index (χ3n) is 3.12. The van der Waals surface area contributed by atoms with E-state index in [1.807, 2.05) is 19.1 Å². The number of methoxy groups -OCH3 is 1. The van der Waals surface area contributed by atoms with E-state index in [0.717, 1.165) is 16.5 Å². The third-order valence-corrected chi connectivity index (χ3v) is 4.04. The smallest absolute Gasteiger partial charge is 0.234 e. The van der Waals surface area contributed by atoms with Gasteiger partial charge in [0.05, 0.1) is 12.9 Å². The van der Waals surface area contributed by atoms with Crippen molar-refractivity contribution in [2.24, 2.45) is 0 Å². The van der Waals surface area contributed by atoms with Gasteiger partial charge in [0.25, 0.3) is 0 Å². The van der Waals surface area contributed by atoms with Crippen LogP contribution in [0.4, 0.5) is 5.69 Å². The minimum absolute atomic E-state index is 0.0949. The Morgan fingerprint density at radius 1 is 1.22 bits per heavy atom. The SMILES string of the molecule is COc1ccc(NC(=O)CSc2ccc3nnc(C)n3n2)cc1. The lowest BCUT2D eigenvalue weighted by atomic mass is 10.3. The number of anilines is 1. The number of fused-ring (bicyclic) bond motifs is 1. The van der Waals surface area contributed by atoms with Gasteiger partial charge in [0.15, 0.2) is 11.5 Å². The predicted octanol–water partition coefficient (Wildman–Crippen LogP) is 2.17. The molecule has 8 heteroatoms. The zero-order chi connectivity index (χ0) is 16.2. The van der Waals surface area contributed by atoms with Crippen LogP contribution in [0, 0.1) is 6.92 Å². The Balaban J connectivity index is 1.59. The van der Waals surface area contributed by atoms with Crippen molar-refractivity contribution in [2.45, 2.75) is 11.9 Å². The summed E-state index contributed by atoms with van der Waals surface area (Å²) in [6, 6.07) is 10.9. The number of carbonyl (C=O) groups is 1. The summed E-state index contributed by atoms with van der Waals surface area (Å²) in [4.78, 5) is 12.0. The zero-order valence-electron chi connectivity index (χ0n) is 12.7. The quantitative estimate of drug-likeness (QED) is 0.723. The Hall–Kier alpha value is -2.61. The lowest BCUT2D eigenvalue weighted by molar-refractivity contribution is -0.113. The van der Waals surface area contributed by atoms with Gasteiger partial charge in [-0.2, -0.15) is 9.61 Å². The van der Waals surface area contributed by atoms with Crippen molar-refractivity contribution < 1.29 is 9.53 Å². The van der Waals surface area contributed by atoms with E-state index in [4.69, 9.17) is 4.74 Å². The molecular weight excluding hydrogens is 314 g/mol. The van der Waals surface area contributed by atoms with E-state index in [0.29, 0.717) is 11.5 Å². The van der Waals surface area contributed by atoms with Crippen molar-refractivity contribution in [1.82, 2.24) is 19.8 Å². The van der Waals surface area contributed by atoms with E-state index in [2.05, 4.69) is 20.6 Å². The second-order valence-corrected chi connectivity index (χ2v) is 5.75. The molecule has 1 N–H and O–H groups in total. The number of hydrogen-bond donors (Lipinski definition) is 1. The molecule has 0 aliphatic heterocycles. The summed E-state index contributed by atoms with van der Waals surface area (Å²) < 4.78 is 6.74. The van der Waals surface area contributed by atoms with Gasteiger partial charge in [-0.05, 0) is 43.3 Å². The number of nitrogens with zero attached hydrogens (tertiary/aromatic N) is 4. The van der Waals surface area contributed by atoms with Gasteiger partial charge in [0.2, 0.25) is 5.91 Å². The highest BCUT2D eigenvalue weighted by Crippen LogP contribution is 2.18. The molecule has 2 aromatic heterocycles. The van der Waals surface area contributed by atoms with Crippen LogP contribution in [-0.2, 0) is 4.79 Å². The molecule has 0 saturated carbocycles. The first-order chi connectivity index (χ1) is 11.2. The highest BCUT2D eigenvalue weighted by Gasteiger charge is 2.07. The molecule has 1 aromatic carbocycles. The van der Waals surface area contributed by atoms with Gasteiger partial charge in [-0.1, -0.05) is 11.8 Å². The Kier molecular flexibility index (Phi) is 4.42. The predicted molar refractivity (Wildman–Crippen MR) is 87.9 cm³/mol. The van der Waals surface area contributed by atoms with Crippen LogP contribution in [0.15, 0.2) is 41.4 Å². The summed E-state index contributed by atoms with van der Waals surface area (Å²) in [7, 11) is 1.60. The maximum Gasteiger partial charge on any atom is 0.234 e. The lowest BCUT2D eigenvalue weighted by Gasteiger charge is -2.06. The molecule has 1 amide bonds. The molecule has 0 aliphatic rings. The fourth-order valence-corrected chi connectivity index (χ4v) is 2.62. The number of aromatic nitrogens is 4. The van der Waals surface area contributed by atoms with Crippen molar-refractivity contribution in [3.8, 4) is 5.75 Å². The van der Waals surface area contributed by atoms with Crippen molar-refractivity contribution in [2.75, 3.05) is 18.2 Å². The number of nitrogens with one attached hydrogen (secondary N) is 1. The van der Waals surface area contributed by atoms with Crippen molar-refractivity contribution >= 4 is 29.0 Å². The summed E-state index contributed by atoms with van der Waals surface area (Å²) in [5.41, 5.74) is 1.42. The minimum Gasteiger partial charge on any atom is -0.497 e. The minimum atomic E-state index is -0.0949. The van der Waals surface area contributed by atoms with Gasteiger partial charge in [-0.3, -0.25) is 4.79 Å². The molecule has 0 aliphatic carbocycles. The van der Waals surface area contributed by atoms with Crippen molar-refractivity contribution in [1.29, 1.82) is 0 Å². The number of benzene rings is 1. The molecule has 2 heterocycles. The van der Waals surface area contributed by atoms with Crippen LogP contribution < -0.4 is 10.1 Å². The Morgan fingerprint density at radius 2 is 2.00 bits per heavy atom. The molecule has 7 nitrogen and oxygen atoms in total. The molecule has 0 saturated heterocycles. The first-order valence-electron chi connectivity index (χ1n) is 6.91. The van der Waals surface area contributed by atoms with Gasteiger partial charge in [0, 0.05) is 5.69 Å². The Labute approximate surface area is 137 Å². The van der Waals surface area contributed by atoms with Gasteiger partial charge >= 0.3 is 0 Å². The van der Waals surface area contributed by atoms with Crippen LogP contribution in [0.1, 0.15) is 5.82 Å². The normalized spacial score (nSPS) is 10.7. The average Bonchev–Trinajstić information content (AvgIpc) is 2.94. The number of thioether (sulfide) groups is 1. The van der Waals surface area contributed by atoms with Crippen LogP contribution in [0.3, 0.4) is 0 Å². The van der Waals surface area contributed by atoms with Crippen LogP contribution in [0.25, 0.3) is 5.65 Å². The van der Waals surface area contributed by atoms with Gasteiger partial charge < -0.3 is 10.1 Å². The number of amides is 1. The molecule has 3 aromatic rings. The fourth-order valence-electron chi connectivity index (χ4n) is 1.97. The molecule has 0 atom stereocenters. The summed E-state index contributed by atoms with van der Waals surface area (Å²) in [5.74, 6) is 1.64. The monoisotopic (exact) mass is 329 g/mol. The number of rotatable bonds is 5. The van der Waals surface area contributed by atoms with E-state index in [9.17, 15) is 4.79 Å². The first-order valence-corrected chi connectivity index (χ1v) is 7.90. The topological polar surface area (TPSA) is 81.4 Å². The summed E-state index contributed by atoms with van der Waals surface area (Å²) in [6.45, 7) is 1.83. The standard InChI is InChI=1S/C15H15N5O2S/c1-10-17-18-13-7-8-15(19-20(10)13)23-9-14(21)16-11-3-5-12(22-2)6-4-11/h3-8H,9H2,1-2H3,(H,16,21). The second kappa shape index (κ2) is 6.66. The van der Waals surface area contributed by atoms with Crippen LogP contribution in [-0.4, -0.2) is 38.6 Å². The maximum absolute atomic E-state index is 12.0. The van der Waals surface area contributed by atoms with Crippen LogP contribution in [0.5, 0.6) is 5.75 Å². The molecule has 23 heavy (non-hydrogen) atoms. The van der Waals surface area contributed by atoms with Gasteiger partial charge in [-0.25, -0.2) is 0 Å². The number of aryl methyl sites for hydroxylation is 1. The maximum atomic E-state index is 12.0. The van der Waals surface area contributed by atoms with Crippen LogP contribution >= 0.6 is 11.8 Å². The number of hydrogen-bond acceptors (Lipinski definition) is 6. The van der Waals surface area contributed by atoms with E-state index >= 15 is 0 Å². The molecular formula is C15H15N5O2S. The first kappa shape index (κ1) is 15.3.